The van der Waals surface area contributed by atoms with Crippen molar-refractivity contribution in [2.24, 2.45) is 11.7 Å². The maximum Gasteiger partial charge on any atom is 0.223 e. The number of benzene rings is 1. The van der Waals surface area contributed by atoms with Crippen molar-refractivity contribution in [1.29, 1.82) is 0 Å². The van der Waals surface area contributed by atoms with E-state index in [0.717, 1.165) is 19.3 Å². The van der Waals surface area contributed by atoms with Crippen molar-refractivity contribution in [2.75, 3.05) is 6.61 Å². The fourth-order valence-corrected chi connectivity index (χ4v) is 3.14. The molecule has 3 atom stereocenters. The topological polar surface area (TPSA) is 64.3 Å². The highest BCUT2D eigenvalue weighted by atomic mass is 35.5. The summed E-state index contributed by atoms with van der Waals surface area (Å²) in [7, 11) is 0. The van der Waals surface area contributed by atoms with Gasteiger partial charge in [-0.1, -0.05) is 24.6 Å². The first-order chi connectivity index (χ1) is 11.0. The van der Waals surface area contributed by atoms with E-state index in [2.05, 4.69) is 12.2 Å². The lowest BCUT2D eigenvalue weighted by Gasteiger charge is -2.33. The average molecular weight is 379 g/mol. The summed E-state index contributed by atoms with van der Waals surface area (Å²) in [6, 6.07) is 4.35. The van der Waals surface area contributed by atoms with Gasteiger partial charge in [-0.25, -0.2) is 4.39 Å². The Bertz CT molecular complexity index is 525. The molecule has 1 amide bonds. The largest absolute Gasteiger partial charge is 0.377 e. The van der Waals surface area contributed by atoms with Gasteiger partial charge < -0.3 is 15.8 Å². The molecule has 0 heterocycles. The lowest BCUT2D eigenvalue weighted by molar-refractivity contribution is -0.127. The first kappa shape index (κ1) is 21.2. The van der Waals surface area contributed by atoms with Crippen LogP contribution in [-0.4, -0.2) is 24.7 Å². The highest BCUT2D eigenvalue weighted by Crippen LogP contribution is 2.26. The zero-order valence-electron chi connectivity index (χ0n) is 13.8. The maximum absolute atomic E-state index is 13.7. The average Bonchev–Trinajstić information content (AvgIpc) is 2.53. The van der Waals surface area contributed by atoms with Crippen LogP contribution in [0.2, 0.25) is 5.02 Å². The number of hydrogen-bond acceptors (Lipinski definition) is 3. The van der Waals surface area contributed by atoms with Gasteiger partial charge in [-0.3, -0.25) is 4.79 Å². The molecule has 2 rings (SSSR count). The fourth-order valence-electron chi connectivity index (χ4n) is 2.91. The molecule has 1 fully saturated rings. The van der Waals surface area contributed by atoms with E-state index in [0.29, 0.717) is 23.6 Å². The van der Waals surface area contributed by atoms with Crippen LogP contribution in [0.1, 0.15) is 38.2 Å². The van der Waals surface area contributed by atoms with E-state index in [9.17, 15) is 9.18 Å². The summed E-state index contributed by atoms with van der Waals surface area (Å²) < 4.78 is 19.4. The highest BCUT2D eigenvalue weighted by Gasteiger charge is 2.32. The van der Waals surface area contributed by atoms with E-state index in [1.165, 1.54) is 6.07 Å². The van der Waals surface area contributed by atoms with Crippen LogP contribution in [0.3, 0.4) is 0 Å². The Kier molecular flexibility index (Phi) is 8.98. The van der Waals surface area contributed by atoms with Crippen molar-refractivity contribution in [3.05, 3.63) is 34.6 Å². The number of amides is 1. The van der Waals surface area contributed by atoms with Gasteiger partial charge in [-0.05, 0) is 37.8 Å². The van der Waals surface area contributed by atoms with E-state index in [-0.39, 0.29) is 42.9 Å². The number of ether oxygens (including phenoxy) is 1. The lowest BCUT2D eigenvalue weighted by atomic mass is 9.83. The van der Waals surface area contributed by atoms with Gasteiger partial charge in [0, 0.05) is 35.7 Å². The van der Waals surface area contributed by atoms with E-state index in [4.69, 9.17) is 22.1 Å². The minimum absolute atomic E-state index is 0. The first-order valence-electron chi connectivity index (χ1n) is 8.10. The SMILES string of the molecule is CCCO[C@@H]1CC[C@H](C(=O)NCc2c(F)cccc2Cl)C[C@H]1N.Cl. The lowest BCUT2D eigenvalue weighted by Crippen LogP contribution is -2.46. The van der Waals surface area contributed by atoms with Gasteiger partial charge >= 0.3 is 0 Å². The summed E-state index contributed by atoms with van der Waals surface area (Å²) in [5, 5.41) is 3.09. The molecule has 24 heavy (non-hydrogen) atoms. The summed E-state index contributed by atoms with van der Waals surface area (Å²) in [4.78, 5) is 12.3. The van der Waals surface area contributed by atoms with Gasteiger partial charge in [0.1, 0.15) is 5.82 Å². The number of nitrogens with one attached hydrogen (secondary N) is 1. The molecule has 0 radical (unpaired) electrons. The van der Waals surface area contributed by atoms with Gasteiger partial charge in [-0.15, -0.1) is 12.4 Å². The third-order valence-corrected chi connectivity index (χ3v) is 4.60. The van der Waals surface area contributed by atoms with Crippen LogP contribution in [0.4, 0.5) is 4.39 Å². The maximum atomic E-state index is 13.7. The Morgan fingerprint density at radius 1 is 1.46 bits per heavy atom. The monoisotopic (exact) mass is 378 g/mol. The molecule has 0 unspecified atom stereocenters. The van der Waals surface area contributed by atoms with Crippen LogP contribution in [-0.2, 0) is 16.1 Å². The Labute approximate surface area is 153 Å². The summed E-state index contributed by atoms with van der Waals surface area (Å²) in [5.74, 6) is -0.670. The third kappa shape index (κ3) is 5.59. The molecule has 0 aromatic heterocycles. The van der Waals surface area contributed by atoms with E-state index >= 15 is 0 Å². The standard InChI is InChI=1S/C17H24ClFN2O2.ClH/c1-2-8-23-16-7-6-11(9-15(16)20)17(22)21-10-12-13(18)4-3-5-14(12)19;/h3-5,11,15-16H,2,6-10,20H2,1H3,(H,21,22);1H/t11-,15+,16+;/m0./s1. The predicted molar refractivity (Wildman–Crippen MR) is 95.9 cm³/mol. The Morgan fingerprint density at radius 3 is 2.83 bits per heavy atom. The summed E-state index contributed by atoms with van der Waals surface area (Å²) in [6.07, 6.45) is 3.08. The van der Waals surface area contributed by atoms with Crippen LogP contribution in [0, 0.1) is 11.7 Å². The zero-order chi connectivity index (χ0) is 16.8. The van der Waals surface area contributed by atoms with Crippen LogP contribution in [0.15, 0.2) is 18.2 Å². The molecule has 1 aromatic carbocycles. The second-order valence-corrected chi connectivity index (χ2v) is 6.41. The molecule has 4 nitrogen and oxygen atoms in total. The molecular weight excluding hydrogens is 354 g/mol. The van der Waals surface area contributed by atoms with E-state index in [1.807, 2.05) is 0 Å². The molecule has 7 heteroatoms. The van der Waals surface area contributed by atoms with Gasteiger partial charge in [0.05, 0.1) is 6.10 Å². The second-order valence-electron chi connectivity index (χ2n) is 6.00. The molecule has 136 valence electrons. The third-order valence-electron chi connectivity index (χ3n) is 4.24. The molecule has 0 spiro atoms. The smallest absolute Gasteiger partial charge is 0.223 e. The summed E-state index contributed by atoms with van der Waals surface area (Å²) >= 11 is 5.96. The Morgan fingerprint density at radius 2 is 2.21 bits per heavy atom. The Balaban J connectivity index is 0.00000288. The zero-order valence-corrected chi connectivity index (χ0v) is 15.3. The van der Waals surface area contributed by atoms with Crippen molar-refractivity contribution in [3.63, 3.8) is 0 Å². The first-order valence-corrected chi connectivity index (χ1v) is 8.48. The number of rotatable bonds is 6. The van der Waals surface area contributed by atoms with Gasteiger partial charge in [0.2, 0.25) is 5.91 Å². The summed E-state index contributed by atoms with van der Waals surface area (Å²) in [6.45, 7) is 2.84. The number of nitrogens with two attached hydrogens (primary N) is 1. The molecule has 3 N–H and O–H groups in total. The number of carbonyl (C=O) groups excluding carboxylic acids is 1. The molecular formula is C17H25Cl2FN2O2. The minimum Gasteiger partial charge on any atom is -0.377 e. The van der Waals surface area contributed by atoms with Crippen LogP contribution in [0.5, 0.6) is 0 Å². The number of carbonyl (C=O) groups is 1. The van der Waals surface area contributed by atoms with Gasteiger partial charge in [-0.2, -0.15) is 0 Å². The minimum atomic E-state index is -0.411. The molecule has 0 bridgehead atoms. The molecule has 0 saturated heterocycles. The van der Waals surface area contributed by atoms with Crippen LogP contribution >= 0.6 is 24.0 Å². The van der Waals surface area contributed by atoms with E-state index in [1.54, 1.807) is 12.1 Å². The molecule has 1 aromatic rings. The fraction of sp³-hybridized carbons (Fsp3) is 0.588. The molecule has 1 aliphatic rings. The van der Waals surface area contributed by atoms with Crippen LogP contribution < -0.4 is 11.1 Å². The molecule has 1 saturated carbocycles. The summed E-state index contributed by atoms with van der Waals surface area (Å²) in [5.41, 5.74) is 6.43. The van der Waals surface area contributed by atoms with Crippen molar-refractivity contribution < 1.29 is 13.9 Å². The quantitative estimate of drug-likeness (QED) is 0.796. The number of hydrogen-bond donors (Lipinski definition) is 2. The number of halogens is 3. The molecule has 0 aliphatic heterocycles. The van der Waals surface area contributed by atoms with Crippen molar-refractivity contribution >= 4 is 29.9 Å². The molecule has 1 aliphatic carbocycles. The van der Waals surface area contributed by atoms with Crippen molar-refractivity contribution in [3.8, 4) is 0 Å². The van der Waals surface area contributed by atoms with Crippen molar-refractivity contribution in [1.82, 2.24) is 5.32 Å². The van der Waals surface area contributed by atoms with Gasteiger partial charge in [0.25, 0.3) is 0 Å². The van der Waals surface area contributed by atoms with Gasteiger partial charge in [0.15, 0.2) is 0 Å². The highest BCUT2D eigenvalue weighted by molar-refractivity contribution is 6.31. The predicted octanol–water partition coefficient (Wildman–Crippen LogP) is 3.44. The van der Waals surface area contributed by atoms with Crippen molar-refractivity contribution in [2.45, 2.75) is 51.3 Å². The van der Waals surface area contributed by atoms with E-state index < -0.39 is 5.82 Å². The Hall–Kier alpha value is -0.880. The van der Waals surface area contributed by atoms with Crippen LogP contribution in [0.25, 0.3) is 0 Å². The second kappa shape index (κ2) is 10.2. The normalized spacial score (nSPS) is 23.4.